The molecule has 5 rings (SSSR count). The summed E-state index contributed by atoms with van der Waals surface area (Å²) in [7, 11) is 0. The molecule has 0 aliphatic rings. The molecule has 8 heteroatoms. The van der Waals surface area contributed by atoms with Crippen molar-refractivity contribution >= 4 is 16.7 Å². The number of aromatic amines is 1. The highest BCUT2D eigenvalue weighted by molar-refractivity contribution is 5.83. The van der Waals surface area contributed by atoms with Gasteiger partial charge >= 0.3 is 0 Å². The molecule has 0 fully saturated rings. The van der Waals surface area contributed by atoms with Crippen molar-refractivity contribution in [2.45, 2.75) is 20.8 Å². The molecule has 5 aromatic rings. The fourth-order valence-electron chi connectivity index (χ4n) is 2.96. The Morgan fingerprint density at radius 3 is 2.73 bits per heavy atom. The lowest BCUT2D eigenvalue weighted by Crippen LogP contribution is -1.97. The predicted molar refractivity (Wildman–Crippen MR) is 95.6 cm³/mol. The van der Waals surface area contributed by atoms with E-state index in [0.29, 0.717) is 17.3 Å². The van der Waals surface area contributed by atoms with Gasteiger partial charge in [-0.2, -0.15) is 0 Å². The largest absolute Gasteiger partial charge is 0.361 e. The normalized spacial score (nSPS) is 11.7. The molecule has 1 aromatic carbocycles. The van der Waals surface area contributed by atoms with E-state index in [1.54, 1.807) is 6.20 Å². The minimum atomic E-state index is 0.646. The zero-order valence-corrected chi connectivity index (χ0v) is 14.5. The first-order valence-corrected chi connectivity index (χ1v) is 8.21. The van der Waals surface area contributed by atoms with Crippen LogP contribution in [0.2, 0.25) is 0 Å². The molecule has 0 radical (unpaired) electrons. The smallest absolute Gasteiger partial charge is 0.182 e. The van der Waals surface area contributed by atoms with E-state index in [9.17, 15) is 0 Å². The molecule has 0 saturated heterocycles. The van der Waals surface area contributed by atoms with E-state index >= 15 is 0 Å². The summed E-state index contributed by atoms with van der Waals surface area (Å²) in [6, 6.07) is 7.76. The first-order valence-electron chi connectivity index (χ1n) is 8.21. The third-order valence-corrected chi connectivity index (χ3v) is 4.32. The molecule has 26 heavy (non-hydrogen) atoms. The lowest BCUT2D eigenvalue weighted by atomic mass is 10.2. The number of benzene rings is 1. The number of rotatable bonds is 2. The Bertz CT molecular complexity index is 1240. The van der Waals surface area contributed by atoms with Gasteiger partial charge in [-0.05, 0) is 39.0 Å². The number of fused-ring (bicyclic) bond motifs is 2. The molecular formula is C18H15N7O. The van der Waals surface area contributed by atoms with Gasteiger partial charge in [-0.25, -0.2) is 14.5 Å². The Hall–Kier alpha value is -3.55. The third-order valence-electron chi connectivity index (χ3n) is 4.32. The van der Waals surface area contributed by atoms with Gasteiger partial charge in [0, 0.05) is 17.8 Å². The van der Waals surface area contributed by atoms with Crippen molar-refractivity contribution in [3.8, 4) is 22.9 Å². The Morgan fingerprint density at radius 1 is 1.08 bits per heavy atom. The van der Waals surface area contributed by atoms with Gasteiger partial charge in [0.05, 0.1) is 22.4 Å². The van der Waals surface area contributed by atoms with E-state index in [1.165, 1.54) is 0 Å². The van der Waals surface area contributed by atoms with Gasteiger partial charge in [-0.3, -0.25) is 4.98 Å². The van der Waals surface area contributed by atoms with Crippen LogP contribution in [0, 0.1) is 20.8 Å². The molecule has 4 heterocycles. The van der Waals surface area contributed by atoms with Crippen molar-refractivity contribution < 1.29 is 4.52 Å². The van der Waals surface area contributed by atoms with Crippen molar-refractivity contribution in [2.75, 3.05) is 0 Å². The van der Waals surface area contributed by atoms with E-state index < -0.39 is 0 Å². The van der Waals surface area contributed by atoms with E-state index in [0.717, 1.165) is 39.4 Å². The quantitative estimate of drug-likeness (QED) is 0.527. The monoisotopic (exact) mass is 345 g/mol. The van der Waals surface area contributed by atoms with Gasteiger partial charge in [-0.1, -0.05) is 5.16 Å². The molecule has 0 saturated carbocycles. The SMILES string of the molecule is Cc1cc(-c2nc3cc(-c4nc5c(C)ncc(C)n5n4)ccc3[nH]2)no1. The number of nitrogens with zero attached hydrogens (tertiary/aromatic N) is 6. The van der Waals surface area contributed by atoms with Crippen molar-refractivity contribution in [1.82, 2.24) is 34.7 Å². The third kappa shape index (κ3) is 2.19. The minimum absolute atomic E-state index is 0.646. The highest BCUT2D eigenvalue weighted by Gasteiger charge is 2.14. The van der Waals surface area contributed by atoms with Gasteiger partial charge in [0.25, 0.3) is 0 Å². The average Bonchev–Trinajstić information content (AvgIpc) is 3.34. The summed E-state index contributed by atoms with van der Waals surface area (Å²) in [5, 5.41) is 8.63. The van der Waals surface area contributed by atoms with Gasteiger partial charge in [-0.15, -0.1) is 5.10 Å². The second-order valence-electron chi connectivity index (χ2n) is 6.30. The topological polar surface area (TPSA) is 97.8 Å². The van der Waals surface area contributed by atoms with Gasteiger partial charge in [0.15, 0.2) is 17.3 Å². The maximum Gasteiger partial charge on any atom is 0.182 e. The van der Waals surface area contributed by atoms with Crippen LogP contribution in [0.1, 0.15) is 17.1 Å². The molecule has 0 bridgehead atoms. The van der Waals surface area contributed by atoms with E-state index in [-0.39, 0.29) is 0 Å². The summed E-state index contributed by atoms with van der Waals surface area (Å²) in [6.45, 7) is 5.74. The van der Waals surface area contributed by atoms with Crippen LogP contribution in [-0.4, -0.2) is 34.7 Å². The molecular weight excluding hydrogens is 330 g/mol. The Morgan fingerprint density at radius 2 is 1.96 bits per heavy atom. The number of imidazole rings is 1. The number of aryl methyl sites for hydroxylation is 3. The van der Waals surface area contributed by atoms with Crippen LogP contribution in [0.5, 0.6) is 0 Å². The molecule has 0 unspecified atom stereocenters. The van der Waals surface area contributed by atoms with E-state index in [4.69, 9.17) is 4.52 Å². The van der Waals surface area contributed by atoms with Crippen molar-refractivity contribution in [2.24, 2.45) is 0 Å². The zero-order chi connectivity index (χ0) is 17.8. The van der Waals surface area contributed by atoms with Crippen LogP contribution < -0.4 is 0 Å². The summed E-state index contributed by atoms with van der Waals surface area (Å²) in [6.07, 6.45) is 1.80. The first kappa shape index (κ1) is 14.8. The Labute approximate surface area is 147 Å². The molecule has 128 valence electrons. The summed E-state index contributed by atoms with van der Waals surface area (Å²) in [4.78, 5) is 16.9. The summed E-state index contributed by atoms with van der Waals surface area (Å²) < 4.78 is 6.94. The minimum Gasteiger partial charge on any atom is -0.361 e. The molecule has 0 atom stereocenters. The average molecular weight is 345 g/mol. The number of aromatic nitrogens is 7. The van der Waals surface area contributed by atoms with Crippen molar-refractivity contribution in [1.29, 1.82) is 0 Å². The van der Waals surface area contributed by atoms with Gasteiger partial charge in [0.1, 0.15) is 11.5 Å². The standard InChI is InChI=1S/C18H15N7O/c1-9-8-19-11(3)18-22-16(23-25(9)18)12-4-5-13-14(7-12)21-17(20-13)15-6-10(2)26-24-15/h4-8H,1-3H3,(H,20,21). The molecule has 1 N–H and O–H groups in total. The van der Waals surface area contributed by atoms with E-state index in [1.807, 2.05) is 49.6 Å². The van der Waals surface area contributed by atoms with Crippen molar-refractivity contribution in [3.63, 3.8) is 0 Å². The highest BCUT2D eigenvalue weighted by atomic mass is 16.5. The maximum atomic E-state index is 5.13. The van der Waals surface area contributed by atoms with Crippen LogP contribution in [0.25, 0.3) is 39.6 Å². The lowest BCUT2D eigenvalue weighted by Gasteiger charge is -1.97. The predicted octanol–water partition coefficient (Wildman–Crippen LogP) is 3.25. The van der Waals surface area contributed by atoms with Crippen LogP contribution in [0.4, 0.5) is 0 Å². The first-order chi connectivity index (χ1) is 12.6. The zero-order valence-electron chi connectivity index (χ0n) is 14.5. The number of hydrogen-bond acceptors (Lipinski definition) is 6. The molecule has 8 nitrogen and oxygen atoms in total. The Kier molecular flexibility index (Phi) is 2.96. The van der Waals surface area contributed by atoms with Crippen LogP contribution in [0.15, 0.2) is 35.0 Å². The van der Waals surface area contributed by atoms with Crippen molar-refractivity contribution in [3.05, 3.63) is 47.6 Å². The summed E-state index contributed by atoms with van der Waals surface area (Å²) >= 11 is 0. The fourth-order valence-corrected chi connectivity index (χ4v) is 2.96. The summed E-state index contributed by atoms with van der Waals surface area (Å²) in [5.41, 5.74) is 5.87. The van der Waals surface area contributed by atoms with Crippen LogP contribution in [-0.2, 0) is 0 Å². The second kappa shape index (κ2) is 5.22. The Balaban J connectivity index is 1.63. The van der Waals surface area contributed by atoms with E-state index in [2.05, 4.69) is 30.2 Å². The van der Waals surface area contributed by atoms with Crippen LogP contribution >= 0.6 is 0 Å². The lowest BCUT2D eigenvalue weighted by molar-refractivity contribution is 0.399. The molecule has 0 spiro atoms. The number of nitrogens with one attached hydrogen (secondary N) is 1. The molecule has 0 aliphatic heterocycles. The fraction of sp³-hybridized carbons (Fsp3) is 0.167. The molecule has 4 aromatic heterocycles. The van der Waals surface area contributed by atoms with Gasteiger partial charge < -0.3 is 9.51 Å². The highest BCUT2D eigenvalue weighted by Crippen LogP contribution is 2.25. The summed E-state index contributed by atoms with van der Waals surface area (Å²) in [5.74, 6) is 2.06. The second-order valence-corrected chi connectivity index (χ2v) is 6.30. The van der Waals surface area contributed by atoms with Gasteiger partial charge in [0.2, 0.25) is 0 Å². The van der Waals surface area contributed by atoms with Crippen LogP contribution in [0.3, 0.4) is 0 Å². The maximum absolute atomic E-state index is 5.13. The molecule has 0 amide bonds. The molecule has 0 aliphatic carbocycles. The number of H-pyrrole nitrogens is 1. The number of hydrogen-bond donors (Lipinski definition) is 1.